The Bertz CT molecular complexity index is 1450. The van der Waals surface area contributed by atoms with Crippen LogP contribution in [-0.4, -0.2) is 47.2 Å². The maximum absolute atomic E-state index is 13.8. The van der Waals surface area contributed by atoms with E-state index in [0.717, 1.165) is 69.8 Å². The number of carbonyl (C=O) groups excluding carboxylic acids is 3. The molecule has 49 heavy (non-hydrogen) atoms. The van der Waals surface area contributed by atoms with Gasteiger partial charge in [-0.3, -0.25) is 14.4 Å². The van der Waals surface area contributed by atoms with E-state index >= 15 is 0 Å². The normalized spacial score (nSPS) is 40.4. The number of nitrogens with one attached hydrogen (secondary N) is 1. The summed E-state index contributed by atoms with van der Waals surface area (Å²) in [6, 6.07) is 0. The van der Waals surface area contributed by atoms with Gasteiger partial charge in [0, 0.05) is 17.3 Å². The van der Waals surface area contributed by atoms with Gasteiger partial charge in [0.1, 0.15) is 6.10 Å². The molecule has 3 unspecified atom stereocenters. The lowest BCUT2D eigenvalue weighted by Gasteiger charge is -2.72. The summed E-state index contributed by atoms with van der Waals surface area (Å²) in [5.41, 5.74) is 0.255. The highest BCUT2D eigenvalue weighted by atomic mass is 16.6. The quantitative estimate of drug-likeness (QED) is 0.246. The summed E-state index contributed by atoms with van der Waals surface area (Å²) >= 11 is 0. The Morgan fingerprint density at radius 3 is 2.16 bits per heavy atom. The molecule has 0 spiro atoms. The van der Waals surface area contributed by atoms with Crippen molar-refractivity contribution in [1.82, 2.24) is 5.32 Å². The molecule has 0 aromatic carbocycles. The number of aliphatic carboxylic acids is 1. The first-order valence-corrected chi connectivity index (χ1v) is 19.2. The molecule has 0 heterocycles. The van der Waals surface area contributed by atoms with Gasteiger partial charge in [0.05, 0.1) is 24.0 Å². The zero-order chi connectivity index (χ0) is 36.2. The van der Waals surface area contributed by atoms with Crippen LogP contribution in [0.1, 0.15) is 146 Å². The Hall–Kier alpha value is -2.38. The average Bonchev–Trinajstić information content (AvgIpc) is 3.64. The number of amides is 1. The number of carbonyl (C=O) groups is 4. The van der Waals surface area contributed by atoms with Gasteiger partial charge in [0.25, 0.3) is 0 Å². The van der Waals surface area contributed by atoms with E-state index in [2.05, 4.69) is 60.7 Å². The van der Waals surface area contributed by atoms with E-state index in [1.807, 2.05) is 0 Å². The number of carboxylic acid groups (broad SMARTS) is 1. The molecule has 0 aliphatic heterocycles. The molecule has 0 radical (unpaired) electrons. The number of allylic oxidation sites excluding steroid dienone is 1. The molecular weight excluding hydrogens is 618 g/mol. The first-order chi connectivity index (χ1) is 22.6. The Kier molecular flexibility index (Phi) is 8.59. The second-order valence-corrected chi connectivity index (χ2v) is 20.0. The first-order valence-electron chi connectivity index (χ1n) is 19.2. The number of rotatable bonds is 8. The van der Waals surface area contributed by atoms with Crippen LogP contribution in [0.15, 0.2) is 11.1 Å². The van der Waals surface area contributed by atoms with E-state index in [1.165, 1.54) is 5.57 Å². The fourth-order valence-corrected chi connectivity index (χ4v) is 12.4. The summed E-state index contributed by atoms with van der Waals surface area (Å²) in [5, 5.41) is 12.9. The summed E-state index contributed by atoms with van der Waals surface area (Å²) in [5.74, 6) is -0.0762. The van der Waals surface area contributed by atoms with Gasteiger partial charge >= 0.3 is 18.0 Å². The summed E-state index contributed by atoms with van der Waals surface area (Å²) in [7, 11) is 0. The van der Waals surface area contributed by atoms with Gasteiger partial charge in [-0.25, -0.2) is 4.79 Å². The minimum Gasteiger partial charge on any atom is -0.481 e. The molecule has 6 aliphatic rings. The second-order valence-electron chi connectivity index (χ2n) is 20.0. The third-order valence-corrected chi connectivity index (χ3v) is 15.8. The maximum Gasteiger partial charge on any atom is 0.407 e. The summed E-state index contributed by atoms with van der Waals surface area (Å²) < 4.78 is 11.9. The highest BCUT2D eigenvalue weighted by Crippen LogP contribution is 2.76. The number of esters is 1. The Balaban J connectivity index is 1.27. The molecule has 1 amide bonds. The number of fused-ring (bicyclic) bond motifs is 7. The van der Waals surface area contributed by atoms with Crippen LogP contribution < -0.4 is 5.32 Å². The third-order valence-electron chi connectivity index (χ3n) is 15.8. The van der Waals surface area contributed by atoms with Crippen LogP contribution in [0.5, 0.6) is 0 Å². The molecule has 6 aliphatic carbocycles. The summed E-state index contributed by atoms with van der Waals surface area (Å²) in [6.45, 7) is 22.1. The predicted octanol–water partition coefficient (Wildman–Crippen LogP) is 8.66. The van der Waals surface area contributed by atoms with E-state index in [4.69, 9.17) is 9.47 Å². The highest BCUT2D eigenvalue weighted by molar-refractivity contribution is 6.02. The standard InChI is InChI=1S/C41H63NO7/c1-24(2)31-26(43)21-41(42-34(47)48-23-37(7)17-18-37)20-19-39(9)25(32(31)41)11-12-28-38(8)15-14-29(49-30(44)22-35(3,4)33(45)46)36(5,6)27(38)13-16-40(28,39)10/h24-25,27-29H,11-23H2,1-10H3,(H,42,47)(H,45,46)/t25?,27?,28?,29-,38-,39+,40+,41+/m0/s1. The van der Waals surface area contributed by atoms with E-state index in [9.17, 15) is 24.3 Å². The zero-order valence-electron chi connectivity index (χ0n) is 32.0. The Morgan fingerprint density at radius 2 is 1.55 bits per heavy atom. The lowest BCUT2D eigenvalue weighted by molar-refractivity contribution is -0.232. The number of hydrogen-bond donors (Lipinski definition) is 2. The van der Waals surface area contributed by atoms with Crippen molar-refractivity contribution in [3.63, 3.8) is 0 Å². The lowest BCUT2D eigenvalue weighted by atomic mass is 9.33. The molecule has 6 rings (SSSR count). The average molecular weight is 682 g/mol. The second kappa shape index (κ2) is 11.6. The van der Waals surface area contributed by atoms with Gasteiger partial charge in [-0.2, -0.15) is 0 Å². The molecule has 274 valence electrons. The van der Waals surface area contributed by atoms with E-state index < -0.39 is 22.9 Å². The first kappa shape index (κ1) is 36.4. The zero-order valence-corrected chi connectivity index (χ0v) is 32.0. The largest absolute Gasteiger partial charge is 0.481 e. The number of ketones is 1. The van der Waals surface area contributed by atoms with Crippen LogP contribution in [0.3, 0.4) is 0 Å². The maximum atomic E-state index is 13.8. The highest BCUT2D eigenvalue weighted by Gasteiger charge is 2.70. The van der Waals surface area contributed by atoms with Crippen LogP contribution in [0.4, 0.5) is 4.79 Å². The Morgan fingerprint density at radius 1 is 0.878 bits per heavy atom. The predicted molar refractivity (Wildman–Crippen MR) is 187 cm³/mol. The van der Waals surface area contributed by atoms with Crippen molar-refractivity contribution in [3.05, 3.63) is 11.1 Å². The van der Waals surface area contributed by atoms with Crippen molar-refractivity contribution >= 4 is 23.8 Å². The van der Waals surface area contributed by atoms with Gasteiger partial charge in [-0.1, -0.05) is 55.4 Å². The fourth-order valence-electron chi connectivity index (χ4n) is 12.4. The monoisotopic (exact) mass is 681 g/mol. The summed E-state index contributed by atoms with van der Waals surface area (Å²) in [4.78, 5) is 52.0. The minimum absolute atomic E-state index is 0.0313. The van der Waals surface area contributed by atoms with Gasteiger partial charge < -0.3 is 19.9 Å². The molecule has 0 aromatic rings. The summed E-state index contributed by atoms with van der Waals surface area (Å²) in [6.07, 6.45) is 9.37. The van der Waals surface area contributed by atoms with E-state index in [1.54, 1.807) is 13.8 Å². The van der Waals surface area contributed by atoms with Crippen molar-refractivity contribution in [1.29, 1.82) is 0 Å². The van der Waals surface area contributed by atoms with E-state index in [0.29, 0.717) is 24.9 Å². The molecule has 5 fully saturated rings. The van der Waals surface area contributed by atoms with Gasteiger partial charge in [-0.05, 0) is 129 Å². The molecule has 8 nitrogen and oxygen atoms in total. The van der Waals surface area contributed by atoms with Crippen molar-refractivity contribution in [2.75, 3.05) is 6.61 Å². The van der Waals surface area contributed by atoms with Crippen LogP contribution >= 0.6 is 0 Å². The van der Waals surface area contributed by atoms with Gasteiger partial charge in [0.2, 0.25) is 0 Å². The molecular formula is C41H63NO7. The SMILES string of the molecule is CC(C)C1=C2C3CCC4[C@@]5(C)CC[C@H](OC(=O)CC(C)(C)C(=O)O)C(C)(C)C5CC[C@@]4(C)[C@]3(C)CC[C@@]2(NC(=O)OCC2(C)CC2)CC1=O. The lowest BCUT2D eigenvalue weighted by Crippen LogP contribution is -2.67. The van der Waals surface area contributed by atoms with Crippen molar-refractivity contribution in [2.45, 2.75) is 158 Å². The number of ether oxygens (including phenoxy) is 2. The number of Topliss-reactive ketones (excluding diaryl/α,β-unsaturated/α-hetero) is 1. The molecule has 2 N–H and O–H groups in total. The molecule has 8 atom stereocenters. The number of alkyl carbamates (subject to hydrolysis) is 1. The molecule has 0 aromatic heterocycles. The topological polar surface area (TPSA) is 119 Å². The van der Waals surface area contributed by atoms with Crippen LogP contribution in [-0.2, 0) is 23.9 Å². The fraction of sp³-hybridized carbons (Fsp3) is 0.854. The van der Waals surface area contributed by atoms with Crippen molar-refractivity contribution in [2.24, 2.45) is 56.2 Å². The number of carboxylic acids is 1. The van der Waals surface area contributed by atoms with Gasteiger partial charge in [-0.15, -0.1) is 0 Å². The third kappa shape index (κ3) is 5.59. The molecule has 5 saturated carbocycles. The van der Waals surface area contributed by atoms with Crippen LogP contribution in [0, 0.1) is 56.2 Å². The molecule has 0 saturated heterocycles. The van der Waals surface area contributed by atoms with Crippen LogP contribution in [0.2, 0.25) is 0 Å². The van der Waals surface area contributed by atoms with E-state index in [-0.39, 0.29) is 63.3 Å². The van der Waals surface area contributed by atoms with Crippen LogP contribution in [0.25, 0.3) is 0 Å². The van der Waals surface area contributed by atoms with Crippen molar-refractivity contribution < 1.29 is 33.8 Å². The van der Waals surface area contributed by atoms with Gasteiger partial charge in [0.15, 0.2) is 5.78 Å². The van der Waals surface area contributed by atoms with Crippen molar-refractivity contribution in [3.8, 4) is 0 Å². The molecule has 0 bridgehead atoms. The minimum atomic E-state index is -1.16. The molecule has 8 heteroatoms. The Labute approximate surface area is 294 Å². The smallest absolute Gasteiger partial charge is 0.407 e. The number of hydrogen-bond acceptors (Lipinski definition) is 6.